The molecule has 0 bridgehead atoms. The van der Waals surface area contributed by atoms with Crippen molar-refractivity contribution >= 4 is 18.0 Å². The summed E-state index contributed by atoms with van der Waals surface area (Å²) >= 11 is 0. The summed E-state index contributed by atoms with van der Waals surface area (Å²) < 4.78 is 5.58. The second-order valence-electron chi connectivity index (χ2n) is 8.20. The molecule has 0 aliphatic heterocycles. The van der Waals surface area contributed by atoms with E-state index in [1.165, 1.54) is 0 Å². The number of alkyl carbamates (subject to hydrolysis) is 1. The number of carbonyl (C=O) groups excluding carboxylic acids is 2. The van der Waals surface area contributed by atoms with Crippen molar-refractivity contribution in [3.8, 4) is 23.0 Å². The maximum Gasteiger partial charge on any atom is 0.407 e. The van der Waals surface area contributed by atoms with E-state index in [1.54, 1.807) is 6.92 Å². The van der Waals surface area contributed by atoms with Crippen molar-refractivity contribution in [2.24, 2.45) is 0 Å². The van der Waals surface area contributed by atoms with Crippen molar-refractivity contribution in [3.63, 3.8) is 0 Å². The predicted octanol–water partition coefficient (Wildman–Crippen LogP) is 4.07. The quantitative estimate of drug-likeness (QED) is 0.462. The van der Waals surface area contributed by atoms with Crippen molar-refractivity contribution in [1.82, 2.24) is 10.6 Å². The van der Waals surface area contributed by atoms with Gasteiger partial charge in [-0.15, -0.1) is 11.8 Å². The van der Waals surface area contributed by atoms with Crippen LogP contribution in [0.4, 0.5) is 4.79 Å². The lowest BCUT2D eigenvalue weighted by atomic mass is 9.98. The number of fused-ring (bicyclic) bond motifs is 3. The summed E-state index contributed by atoms with van der Waals surface area (Å²) in [4.78, 5) is 35.9. The van der Waals surface area contributed by atoms with E-state index < -0.39 is 24.0 Å². The van der Waals surface area contributed by atoms with Crippen LogP contribution in [0.3, 0.4) is 0 Å². The smallest absolute Gasteiger partial charge is 0.407 e. The zero-order valence-electron chi connectivity index (χ0n) is 19.5. The third kappa shape index (κ3) is 6.16. The lowest BCUT2D eigenvalue weighted by Crippen LogP contribution is -2.41. The number of carboxylic acid groups (broad SMARTS) is 1. The van der Waals surface area contributed by atoms with E-state index in [0.717, 1.165) is 22.3 Å². The van der Waals surface area contributed by atoms with Gasteiger partial charge in [-0.1, -0.05) is 55.5 Å². The van der Waals surface area contributed by atoms with Crippen LogP contribution in [0.1, 0.15) is 56.6 Å². The SMILES string of the molecule is CC#CCC(NC(=O)CCC(CC)NC(=O)OCC1c2ccccc2-c2ccccc21)C(=O)O. The molecule has 3 rings (SSSR count). The molecule has 1 aliphatic rings. The van der Waals surface area contributed by atoms with E-state index >= 15 is 0 Å². The number of aliphatic carboxylic acids is 1. The fourth-order valence-electron chi connectivity index (χ4n) is 4.16. The van der Waals surface area contributed by atoms with Crippen LogP contribution in [0.2, 0.25) is 0 Å². The van der Waals surface area contributed by atoms with Crippen LogP contribution in [-0.2, 0) is 14.3 Å². The minimum Gasteiger partial charge on any atom is -0.480 e. The average molecular weight is 463 g/mol. The monoisotopic (exact) mass is 462 g/mol. The van der Waals surface area contributed by atoms with Gasteiger partial charge in [0.2, 0.25) is 5.91 Å². The minimum absolute atomic E-state index is 0.0248. The van der Waals surface area contributed by atoms with Gasteiger partial charge in [0.25, 0.3) is 0 Å². The highest BCUT2D eigenvalue weighted by atomic mass is 16.5. The van der Waals surface area contributed by atoms with Crippen LogP contribution in [0, 0.1) is 11.8 Å². The van der Waals surface area contributed by atoms with Gasteiger partial charge in [-0.3, -0.25) is 4.79 Å². The van der Waals surface area contributed by atoms with Gasteiger partial charge in [-0.2, -0.15) is 0 Å². The summed E-state index contributed by atoms with van der Waals surface area (Å²) in [6, 6.07) is 14.9. The largest absolute Gasteiger partial charge is 0.480 e. The summed E-state index contributed by atoms with van der Waals surface area (Å²) in [7, 11) is 0. The van der Waals surface area contributed by atoms with Gasteiger partial charge in [0.1, 0.15) is 12.6 Å². The van der Waals surface area contributed by atoms with E-state index in [1.807, 2.05) is 31.2 Å². The molecule has 178 valence electrons. The Morgan fingerprint density at radius 2 is 1.65 bits per heavy atom. The molecule has 7 nitrogen and oxygen atoms in total. The molecule has 2 aromatic carbocycles. The second-order valence-corrected chi connectivity index (χ2v) is 8.20. The molecule has 2 aromatic rings. The van der Waals surface area contributed by atoms with Crippen LogP contribution in [0.5, 0.6) is 0 Å². The zero-order chi connectivity index (χ0) is 24.5. The Balaban J connectivity index is 1.51. The molecule has 3 N–H and O–H groups in total. The summed E-state index contributed by atoms with van der Waals surface area (Å²) in [5.74, 6) is 3.75. The Kier molecular flexibility index (Phi) is 8.69. The van der Waals surface area contributed by atoms with Crippen LogP contribution < -0.4 is 10.6 Å². The first kappa shape index (κ1) is 24.8. The second kappa shape index (κ2) is 11.9. The van der Waals surface area contributed by atoms with Crippen LogP contribution in [0.15, 0.2) is 48.5 Å². The molecule has 1 aliphatic carbocycles. The van der Waals surface area contributed by atoms with Gasteiger partial charge in [-0.05, 0) is 42.0 Å². The number of ether oxygens (including phenoxy) is 1. The number of carboxylic acids is 1. The number of benzene rings is 2. The molecule has 34 heavy (non-hydrogen) atoms. The molecular formula is C27H30N2O5. The normalized spacial score (nSPS) is 13.5. The van der Waals surface area contributed by atoms with Crippen LogP contribution in [0.25, 0.3) is 11.1 Å². The number of carbonyl (C=O) groups is 3. The van der Waals surface area contributed by atoms with Gasteiger partial charge in [0.15, 0.2) is 0 Å². The molecule has 0 heterocycles. The third-order valence-electron chi connectivity index (χ3n) is 5.99. The fraction of sp³-hybridized carbons (Fsp3) is 0.370. The van der Waals surface area contributed by atoms with E-state index in [0.29, 0.717) is 12.8 Å². The first-order valence-corrected chi connectivity index (χ1v) is 11.5. The first-order valence-electron chi connectivity index (χ1n) is 11.5. The molecule has 0 saturated heterocycles. The number of hydrogen-bond donors (Lipinski definition) is 3. The molecule has 7 heteroatoms. The van der Waals surface area contributed by atoms with Crippen molar-refractivity contribution < 1.29 is 24.2 Å². The van der Waals surface area contributed by atoms with Crippen molar-refractivity contribution in [2.45, 2.75) is 57.5 Å². The molecule has 2 unspecified atom stereocenters. The fourth-order valence-corrected chi connectivity index (χ4v) is 4.16. The van der Waals surface area contributed by atoms with Crippen molar-refractivity contribution in [2.75, 3.05) is 6.61 Å². The lowest BCUT2D eigenvalue weighted by Gasteiger charge is -2.19. The van der Waals surface area contributed by atoms with Crippen LogP contribution >= 0.6 is 0 Å². The molecule has 0 radical (unpaired) electrons. The highest BCUT2D eigenvalue weighted by Gasteiger charge is 2.29. The van der Waals surface area contributed by atoms with Gasteiger partial charge >= 0.3 is 12.1 Å². The highest BCUT2D eigenvalue weighted by Crippen LogP contribution is 2.44. The topological polar surface area (TPSA) is 105 Å². The third-order valence-corrected chi connectivity index (χ3v) is 5.99. The summed E-state index contributed by atoms with van der Waals surface area (Å²) in [6.45, 7) is 3.74. The Morgan fingerprint density at radius 1 is 1.03 bits per heavy atom. The minimum atomic E-state index is -1.13. The maximum absolute atomic E-state index is 12.5. The summed E-state index contributed by atoms with van der Waals surface area (Å²) in [5.41, 5.74) is 4.60. The number of nitrogens with one attached hydrogen (secondary N) is 2. The van der Waals surface area contributed by atoms with Gasteiger partial charge in [0.05, 0.1) is 0 Å². The Bertz CT molecular complexity index is 1060. The number of rotatable bonds is 10. The van der Waals surface area contributed by atoms with E-state index in [9.17, 15) is 19.5 Å². The summed E-state index contributed by atoms with van der Waals surface area (Å²) in [5, 5.41) is 14.5. The van der Waals surface area contributed by atoms with Crippen LogP contribution in [-0.4, -0.2) is 41.8 Å². The number of hydrogen-bond acceptors (Lipinski definition) is 4. The lowest BCUT2D eigenvalue weighted by molar-refractivity contribution is -0.141. The molecule has 0 fully saturated rings. The molecule has 2 amide bonds. The van der Waals surface area contributed by atoms with E-state index in [2.05, 4.69) is 46.7 Å². The molecule has 0 aromatic heterocycles. The first-order chi connectivity index (χ1) is 16.4. The van der Waals surface area contributed by atoms with Crippen molar-refractivity contribution in [3.05, 3.63) is 59.7 Å². The van der Waals surface area contributed by atoms with E-state index in [4.69, 9.17) is 4.74 Å². The molecule has 0 spiro atoms. The predicted molar refractivity (Wildman–Crippen MR) is 129 cm³/mol. The van der Waals surface area contributed by atoms with Crippen molar-refractivity contribution in [1.29, 1.82) is 0 Å². The Morgan fingerprint density at radius 3 is 2.21 bits per heavy atom. The van der Waals surface area contributed by atoms with E-state index in [-0.39, 0.29) is 31.4 Å². The number of amides is 2. The molecular weight excluding hydrogens is 432 g/mol. The molecule has 0 saturated carbocycles. The molecule has 2 atom stereocenters. The average Bonchev–Trinajstić information content (AvgIpc) is 3.16. The Labute approximate surface area is 199 Å². The van der Waals surface area contributed by atoms with Gasteiger partial charge < -0.3 is 20.5 Å². The highest BCUT2D eigenvalue weighted by molar-refractivity contribution is 5.84. The zero-order valence-corrected chi connectivity index (χ0v) is 19.5. The van der Waals surface area contributed by atoms with Gasteiger partial charge in [0, 0.05) is 24.8 Å². The Hall–Kier alpha value is -3.79. The maximum atomic E-state index is 12.5. The van der Waals surface area contributed by atoms with Gasteiger partial charge in [-0.25, -0.2) is 9.59 Å². The summed E-state index contributed by atoms with van der Waals surface area (Å²) in [6.07, 6.45) is 0.591. The standard InChI is InChI=1S/C27H30N2O5/c1-3-5-14-24(26(31)32)29-25(30)16-15-18(4-2)28-27(33)34-17-23-21-12-8-6-10-19(21)20-11-7-9-13-22(20)23/h6-13,18,23-24H,4,14-17H2,1-2H3,(H,28,33)(H,29,30)(H,31,32).